The lowest BCUT2D eigenvalue weighted by Crippen LogP contribution is -2.49. The second-order valence-corrected chi connectivity index (χ2v) is 4.63. The minimum absolute atomic E-state index is 0.121. The minimum Gasteiger partial charge on any atom is -0.337 e. The van der Waals surface area contributed by atoms with Crippen LogP contribution in [0, 0.1) is 6.92 Å². The van der Waals surface area contributed by atoms with Gasteiger partial charge in [0.1, 0.15) is 0 Å². The molecule has 5 nitrogen and oxygen atoms in total. The first-order valence-electron chi connectivity index (χ1n) is 4.66. The Morgan fingerprint density at radius 3 is 3.00 bits per heavy atom. The van der Waals surface area contributed by atoms with Gasteiger partial charge < -0.3 is 5.32 Å². The van der Waals surface area contributed by atoms with Crippen molar-refractivity contribution in [3.8, 4) is 0 Å². The summed E-state index contributed by atoms with van der Waals surface area (Å²) < 4.78 is 0. The number of thiazole rings is 1. The summed E-state index contributed by atoms with van der Waals surface area (Å²) in [6.45, 7) is 2.67. The third kappa shape index (κ3) is 2.15. The topological polar surface area (TPSA) is 62.3 Å². The highest BCUT2D eigenvalue weighted by Gasteiger charge is 2.25. The number of rotatable bonds is 2. The molecular weight excluding hydrogens is 214 g/mol. The van der Waals surface area contributed by atoms with Gasteiger partial charge in [-0.05, 0) is 6.92 Å². The summed E-state index contributed by atoms with van der Waals surface area (Å²) in [5.41, 5.74) is 0. The van der Waals surface area contributed by atoms with E-state index in [1.807, 2.05) is 6.92 Å². The third-order valence-corrected chi connectivity index (χ3v) is 3.04. The Hall–Kier alpha value is -1.43. The van der Waals surface area contributed by atoms with Crippen LogP contribution in [0.4, 0.5) is 4.79 Å². The molecule has 0 atom stereocenters. The molecule has 0 unspecified atom stereocenters. The van der Waals surface area contributed by atoms with Crippen LogP contribution >= 0.6 is 11.3 Å². The van der Waals surface area contributed by atoms with Crippen molar-refractivity contribution in [2.45, 2.75) is 19.9 Å². The summed E-state index contributed by atoms with van der Waals surface area (Å²) in [7, 11) is 0. The van der Waals surface area contributed by atoms with E-state index < -0.39 is 0 Å². The fourth-order valence-electron chi connectivity index (χ4n) is 1.41. The molecule has 3 amide bonds. The van der Waals surface area contributed by atoms with Crippen LogP contribution in [0.2, 0.25) is 0 Å². The first kappa shape index (κ1) is 10.1. The normalized spacial score (nSPS) is 16.7. The van der Waals surface area contributed by atoms with E-state index in [1.165, 1.54) is 16.2 Å². The predicted molar refractivity (Wildman–Crippen MR) is 55.4 cm³/mol. The zero-order valence-corrected chi connectivity index (χ0v) is 9.13. The number of carbonyl (C=O) groups excluding carboxylic acids is 2. The predicted octanol–water partition coefficient (Wildman–Crippen LogP) is 0.893. The summed E-state index contributed by atoms with van der Waals surface area (Å²) in [5.74, 6) is -0.121. The molecule has 1 fully saturated rings. The Morgan fingerprint density at radius 2 is 2.40 bits per heavy atom. The number of nitrogens with zero attached hydrogens (tertiary/aromatic N) is 2. The molecule has 0 aromatic carbocycles. The van der Waals surface area contributed by atoms with Crippen molar-refractivity contribution in [3.05, 3.63) is 16.1 Å². The van der Waals surface area contributed by atoms with Crippen LogP contribution < -0.4 is 5.32 Å². The monoisotopic (exact) mass is 225 g/mol. The van der Waals surface area contributed by atoms with Crippen molar-refractivity contribution in [2.24, 2.45) is 0 Å². The summed E-state index contributed by atoms with van der Waals surface area (Å²) in [6.07, 6.45) is 2.08. The number of aromatic nitrogens is 1. The number of hydrogen-bond acceptors (Lipinski definition) is 4. The molecule has 0 bridgehead atoms. The van der Waals surface area contributed by atoms with E-state index in [4.69, 9.17) is 0 Å². The van der Waals surface area contributed by atoms with Gasteiger partial charge in [0.25, 0.3) is 0 Å². The summed E-state index contributed by atoms with van der Waals surface area (Å²) in [6, 6.07) is -0.308. The fourth-order valence-corrected chi connectivity index (χ4v) is 2.20. The molecule has 1 aliphatic rings. The quantitative estimate of drug-likeness (QED) is 0.813. The van der Waals surface area contributed by atoms with Gasteiger partial charge in [0, 0.05) is 24.0 Å². The first-order chi connectivity index (χ1) is 7.16. The number of urea groups is 1. The van der Waals surface area contributed by atoms with Gasteiger partial charge >= 0.3 is 6.03 Å². The van der Waals surface area contributed by atoms with Crippen LogP contribution in [0.1, 0.15) is 16.3 Å². The van der Waals surface area contributed by atoms with Crippen LogP contribution in [0.5, 0.6) is 0 Å². The highest BCUT2D eigenvalue weighted by atomic mass is 32.1. The van der Waals surface area contributed by atoms with Crippen molar-refractivity contribution >= 4 is 23.3 Å². The maximum atomic E-state index is 11.5. The fraction of sp³-hybridized carbons (Fsp3) is 0.444. The Bertz CT molecular complexity index is 386. The Morgan fingerprint density at radius 1 is 1.60 bits per heavy atom. The Kier molecular flexibility index (Phi) is 2.68. The molecule has 0 saturated carbocycles. The zero-order chi connectivity index (χ0) is 10.8. The van der Waals surface area contributed by atoms with Crippen LogP contribution in [0.25, 0.3) is 0 Å². The van der Waals surface area contributed by atoms with Crippen molar-refractivity contribution in [3.63, 3.8) is 0 Å². The largest absolute Gasteiger partial charge is 0.337 e. The molecule has 80 valence electrons. The van der Waals surface area contributed by atoms with Gasteiger partial charge in [-0.15, -0.1) is 11.3 Å². The molecular formula is C9H11N3O2S. The van der Waals surface area contributed by atoms with Crippen LogP contribution in [0.15, 0.2) is 6.20 Å². The van der Waals surface area contributed by atoms with E-state index in [9.17, 15) is 9.59 Å². The van der Waals surface area contributed by atoms with E-state index in [1.54, 1.807) is 6.20 Å². The number of nitrogens with one attached hydrogen (secondary N) is 1. The zero-order valence-electron chi connectivity index (χ0n) is 8.32. The Labute approximate surface area is 91.1 Å². The molecule has 0 aliphatic carbocycles. The van der Waals surface area contributed by atoms with Gasteiger partial charge in [0.2, 0.25) is 5.91 Å². The van der Waals surface area contributed by atoms with Gasteiger partial charge in [-0.25, -0.2) is 9.78 Å². The number of carbonyl (C=O) groups is 2. The second-order valence-electron chi connectivity index (χ2n) is 3.31. The molecule has 1 N–H and O–H groups in total. The lowest BCUT2D eigenvalue weighted by atomic mass is 10.3. The van der Waals surface area contributed by atoms with Gasteiger partial charge in [0.15, 0.2) is 0 Å². The lowest BCUT2D eigenvalue weighted by Gasteiger charge is -2.24. The molecule has 0 radical (unpaired) electrons. The van der Waals surface area contributed by atoms with E-state index in [0.717, 1.165) is 9.88 Å². The van der Waals surface area contributed by atoms with E-state index in [0.29, 0.717) is 19.5 Å². The van der Waals surface area contributed by atoms with Crippen LogP contribution in [-0.2, 0) is 11.3 Å². The van der Waals surface area contributed by atoms with E-state index in [-0.39, 0.29) is 11.9 Å². The SMILES string of the molecule is Cc1ncc(CN2C(=O)CCNC2=O)s1. The number of amides is 3. The molecule has 1 aromatic heterocycles. The van der Waals surface area contributed by atoms with E-state index >= 15 is 0 Å². The number of aryl methyl sites for hydroxylation is 1. The van der Waals surface area contributed by atoms with E-state index in [2.05, 4.69) is 10.3 Å². The molecule has 2 rings (SSSR count). The molecule has 2 heterocycles. The average molecular weight is 225 g/mol. The van der Waals surface area contributed by atoms with Crippen molar-refractivity contribution in [1.29, 1.82) is 0 Å². The molecule has 0 spiro atoms. The minimum atomic E-state index is -0.308. The molecule has 1 aromatic rings. The molecule has 15 heavy (non-hydrogen) atoms. The average Bonchev–Trinajstić information content (AvgIpc) is 2.58. The maximum absolute atomic E-state index is 11.5. The maximum Gasteiger partial charge on any atom is 0.324 e. The van der Waals surface area contributed by atoms with Crippen molar-refractivity contribution in [2.75, 3.05) is 6.54 Å². The standard InChI is InChI=1S/C9H11N3O2S/c1-6-11-4-7(15-6)5-12-8(13)2-3-10-9(12)14/h4H,2-3,5H2,1H3,(H,10,14). The van der Waals surface area contributed by atoms with Gasteiger partial charge in [0.05, 0.1) is 11.6 Å². The third-order valence-electron chi connectivity index (χ3n) is 2.14. The second kappa shape index (κ2) is 3.98. The highest BCUT2D eigenvalue weighted by Crippen LogP contribution is 2.15. The van der Waals surface area contributed by atoms with Gasteiger partial charge in [-0.2, -0.15) is 0 Å². The molecule has 1 aliphatic heterocycles. The summed E-state index contributed by atoms with van der Waals surface area (Å²) in [5, 5.41) is 3.58. The Balaban J connectivity index is 2.09. The van der Waals surface area contributed by atoms with Crippen molar-refractivity contribution < 1.29 is 9.59 Å². The summed E-state index contributed by atoms with van der Waals surface area (Å²) >= 11 is 1.50. The molecule has 6 heteroatoms. The van der Waals surface area contributed by atoms with Gasteiger partial charge in [-0.3, -0.25) is 9.69 Å². The summed E-state index contributed by atoms with van der Waals surface area (Å²) in [4.78, 5) is 29.1. The lowest BCUT2D eigenvalue weighted by molar-refractivity contribution is -0.129. The van der Waals surface area contributed by atoms with Crippen molar-refractivity contribution in [1.82, 2.24) is 15.2 Å². The van der Waals surface area contributed by atoms with Crippen LogP contribution in [0.3, 0.4) is 0 Å². The first-order valence-corrected chi connectivity index (χ1v) is 5.48. The number of hydrogen-bond donors (Lipinski definition) is 1. The smallest absolute Gasteiger partial charge is 0.324 e. The highest BCUT2D eigenvalue weighted by molar-refractivity contribution is 7.11. The molecule has 1 saturated heterocycles. The number of imide groups is 1. The van der Waals surface area contributed by atoms with Crippen LogP contribution in [-0.4, -0.2) is 28.4 Å². The van der Waals surface area contributed by atoms with Gasteiger partial charge in [-0.1, -0.05) is 0 Å².